The molecule has 24 heavy (non-hydrogen) atoms. The summed E-state index contributed by atoms with van der Waals surface area (Å²) in [4.78, 5) is 0. The van der Waals surface area contributed by atoms with Crippen molar-refractivity contribution in [2.45, 2.75) is 81.1 Å². The van der Waals surface area contributed by atoms with Crippen molar-refractivity contribution in [3.63, 3.8) is 0 Å². The molecule has 4 rings (SSSR count). The number of allylic oxidation sites excluding steroid dienone is 4. The fourth-order valence-corrected chi connectivity index (χ4v) is 7.58. The summed E-state index contributed by atoms with van der Waals surface area (Å²) in [5.41, 5.74) is 4.65. The number of fused-ring (bicyclic) bond motifs is 2. The molecule has 4 aliphatic rings. The van der Waals surface area contributed by atoms with Gasteiger partial charge in [-0.3, -0.25) is 0 Å². The van der Waals surface area contributed by atoms with Gasteiger partial charge in [-0.05, 0) is 85.9 Å². The van der Waals surface area contributed by atoms with Crippen LogP contribution < -0.4 is 0 Å². The maximum absolute atomic E-state index is 2.48. The van der Waals surface area contributed by atoms with E-state index in [0.717, 1.165) is 35.5 Å². The molecule has 0 bridgehead atoms. The molecule has 4 fully saturated rings. The third-order valence-corrected chi connectivity index (χ3v) is 9.81. The van der Waals surface area contributed by atoms with Crippen LogP contribution in [-0.4, -0.2) is 0 Å². The average Bonchev–Trinajstić information content (AvgIpc) is 3.07. The highest BCUT2D eigenvalue weighted by atomic mass is 14.6. The van der Waals surface area contributed by atoms with Crippen molar-refractivity contribution < 1.29 is 0 Å². The first-order chi connectivity index (χ1) is 11.2. The second-order valence-electron chi connectivity index (χ2n) is 9.78. The fourth-order valence-electron chi connectivity index (χ4n) is 7.58. The smallest absolute Gasteiger partial charge is 0.00573 e. The van der Waals surface area contributed by atoms with Gasteiger partial charge in [-0.1, -0.05) is 64.8 Å². The number of rotatable bonds is 0. The summed E-state index contributed by atoms with van der Waals surface area (Å²) >= 11 is 0. The summed E-state index contributed by atoms with van der Waals surface area (Å²) < 4.78 is 0. The first kappa shape index (κ1) is 18.3. The molecule has 0 heterocycles. The Morgan fingerprint density at radius 1 is 0.708 bits per heavy atom. The Morgan fingerprint density at radius 3 is 1.33 bits per heavy atom. The molecular formula is C24H40. The molecule has 4 saturated carbocycles. The van der Waals surface area contributed by atoms with Crippen LogP contribution in [0.15, 0.2) is 23.3 Å². The standard InChI is InChI=1S/2C12H20/c2*1-5-10-6-7-11-8(2)9(3)12(10,11)4/h2*5,8-9,11H,6-7H2,1-4H3/b10-5+;10-5-/t2*8?,9?,11-,12+/m00/s1. The minimum Gasteiger partial charge on any atom is -0.0879 e. The monoisotopic (exact) mass is 328 g/mol. The highest BCUT2D eigenvalue weighted by molar-refractivity contribution is 5.28. The van der Waals surface area contributed by atoms with E-state index in [9.17, 15) is 0 Å². The van der Waals surface area contributed by atoms with Crippen molar-refractivity contribution in [3.05, 3.63) is 23.3 Å². The summed E-state index contributed by atoms with van der Waals surface area (Å²) in [6.07, 6.45) is 10.4. The highest BCUT2D eigenvalue weighted by Gasteiger charge is 2.59. The predicted octanol–water partition coefficient (Wildman–Crippen LogP) is 7.27. The van der Waals surface area contributed by atoms with Crippen molar-refractivity contribution in [1.29, 1.82) is 0 Å². The van der Waals surface area contributed by atoms with Crippen LogP contribution in [-0.2, 0) is 0 Å². The van der Waals surface area contributed by atoms with Crippen LogP contribution in [0.5, 0.6) is 0 Å². The second kappa shape index (κ2) is 6.03. The van der Waals surface area contributed by atoms with E-state index in [1.54, 1.807) is 11.1 Å². The van der Waals surface area contributed by atoms with Crippen molar-refractivity contribution >= 4 is 0 Å². The van der Waals surface area contributed by atoms with Gasteiger partial charge >= 0.3 is 0 Å². The summed E-state index contributed by atoms with van der Waals surface area (Å²) in [5.74, 6) is 5.75. The van der Waals surface area contributed by atoms with Gasteiger partial charge in [0.15, 0.2) is 0 Å². The minimum atomic E-state index is 0.591. The fraction of sp³-hybridized carbons (Fsp3) is 0.833. The van der Waals surface area contributed by atoms with E-state index in [0.29, 0.717) is 10.8 Å². The molecule has 0 aromatic carbocycles. The Kier molecular flexibility index (Phi) is 4.59. The maximum atomic E-state index is 2.48. The topological polar surface area (TPSA) is 0 Å². The molecule has 0 aliphatic heterocycles. The van der Waals surface area contributed by atoms with E-state index in [1.807, 2.05) is 0 Å². The Morgan fingerprint density at radius 2 is 1.04 bits per heavy atom. The summed E-state index contributed by atoms with van der Waals surface area (Å²) in [6.45, 7) is 19.1. The molecule has 136 valence electrons. The van der Waals surface area contributed by atoms with Crippen LogP contribution in [0.2, 0.25) is 0 Å². The van der Waals surface area contributed by atoms with E-state index >= 15 is 0 Å². The largest absolute Gasteiger partial charge is 0.0879 e. The van der Waals surface area contributed by atoms with Gasteiger partial charge in [-0.25, -0.2) is 0 Å². The molecule has 4 aliphatic carbocycles. The molecule has 0 aromatic rings. The van der Waals surface area contributed by atoms with Gasteiger partial charge in [0.05, 0.1) is 0 Å². The van der Waals surface area contributed by atoms with Crippen LogP contribution in [0, 0.1) is 46.3 Å². The summed E-state index contributed by atoms with van der Waals surface area (Å²) in [7, 11) is 0. The number of hydrogen-bond donors (Lipinski definition) is 0. The van der Waals surface area contributed by atoms with E-state index < -0.39 is 0 Å². The quantitative estimate of drug-likeness (QED) is 0.410. The summed E-state index contributed by atoms with van der Waals surface area (Å²) in [6, 6.07) is 0. The predicted molar refractivity (Wildman–Crippen MR) is 106 cm³/mol. The van der Waals surface area contributed by atoms with Gasteiger partial charge < -0.3 is 0 Å². The van der Waals surface area contributed by atoms with E-state index in [2.05, 4.69) is 67.5 Å². The van der Waals surface area contributed by atoms with Gasteiger partial charge in [-0.2, -0.15) is 0 Å². The molecule has 0 aromatic heterocycles. The lowest BCUT2D eigenvalue weighted by Gasteiger charge is -2.55. The molecule has 0 nitrogen and oxygen atoms in total. The van der Waals surface area contributed by atoms with E-state index in [-0.39, 0.29) is 0 Å². The first-order valence-corrected chi connectivity index (χ1v) is 10.6. The zero-order valence-corrected chi connectivity index (χ0v) is 17.4. The van der Waals surface area contributed by atoms with Crippen LogP contribution in [0.3, 0.4) is 0 Å². The molecule has 0 spiro atoms. The zero-order valence-electron chi connectivity index (χ0n) is 17.4. The number of hydrogen-bond acceptors (Lipinski definition) is 0. The van der Waals surface area contributed by atoms with Crippen LogP contribution in [0.4, 0.5) is 0 Å². The van der Waals surface area contributed by atoms with Gasteiger partial charge in [0.25, 0.3) is 0 Å². The molecule has 0 radical (unpaired) electrons. The lowest BCUT2D eigenvalue weighted by molar-refractivity contribution is -0.0398. The Balaban J connectivity index is 0.000000141. The van der Waals surface area contributed by atoms with E-state index in [1.165, 1.54) is 25.7 Å². The van der Waals surface area contributed by atoms with Gasteiger partial charge in [-0.15, -0.1) is 0 Å². The Labute approximate surface area is 151 Å². The van der Waals surface area contributed by atoms with Gasteiger partial charge in [0.2, 0.25) is 0 Å². The van der Waals surface area contributed by atoms with Crippen LogP contribution in [0.25, 0.3) is 0 Å². The zero-order chi connectivity index (χ0) is 17.9. The second-order valence-corrected chi connectivity index (χ2v) is 9.78. The van der Waals surface area contributed by atoms with Crippen LogP contribution in [0.1, 0.15) is 81.1 Å². The van der Waals surface area contributed by atoms with Gasteiger partial charge in [0.1, 0.15) is 0 Å². The average molecular weight is 329 g/mol. The van der Waals surface area contributed by atoms with Gasteiger partial charge in [0, 0.05) is 0 Å². The third-order valence-electron chi connectivity index (χ3n) is 9.81. The Hall–Kier alpha value is -0.520. The third kappa shape index (κ3) is 2.10. The highest BCUT2D eigenvalue weighted by Crippen LogP contribution is 2.67. The summed E-state index contributed by atoms with van der Waals surface area (Å²) in [5, 5.41) is 0. The lowest BCUT2D eigenvalue weighted by atomic mass is 9.49. The molecule has 4 unspecified atom stereocenters. The first-order valence-electron chi connectivity index (χ1n) is 10.6. The Bertz CT molecular complexity index is 502. The molecule has 8 atom stereocenters. The SMILES string of the molecule is C/C=C1/CC[C@H]2C(C)C(C)[C@]12C.C/C=C1\CC[C@H]2C(C)C(C)[C@]12C. The van der Waals surface area contributed by atoms with E-state index in [4.69, 9.17) is 0 Å². The van der Waals surface area contributed by atoms with Crippen molar-refractivity contribution in [2.75, 3.05) is 0 Å². The maximum Gasteiger partial charge on any atom is -0.00573 e. The minimum absolute atomic E-state index is 0.591. The molecule has 0 amide bonds. The normalized spacial score (nSPS) is 55.3. The van der Waals surface area contributed by atoms with Crippen molar-refractivity contribution in [1.82, 2.24) is 0 Å². The molecule has 0 heteroatoms. The van der Waals surface area contributed by atoms with Crippen molar-refractivity contribution in [2.24, 2.45) is 46.3 Å². The lowest BCUT2D eigenvalue weighted by Crippen LogP contribution is -2.50. The molecular weight excluding hydrogens is 288 g/mol. The molecule has 0 saturated heterocycles. The molecule has 0 N–H and O–H groups in total. The van der Waals surface area contributed by atoms with Crippen molar-refractivity contribution in [3.8, 4) is 0 Å². The van der Waals surface area contributed by atoms with Crippen LogP contribution >= 0.6 is 0 Å².